The van der Waals surface area contributed by atoms with Crippen LogP contribution in [0, 0.1) is 0 Å². The smallest absolute Gasteiger partial charge is 0.258 e. The van der Waals surface area contributed by atoms with Crippen molar-refractivity contribution >= 4 is 28.3 Å². The Bertz CT molecular complexity index is 717. The molecule has 1 aliphatic heterocycles. The molecule has 0 radical (unpaired) electrons. The Kier molecular flexibility index (Phi) is 4.09. The highest BCUT2D eigenvalue weighted by atomic mass is 16.2. The van der Waals surface area contributed by atoms with Crippen LogP contribution in [0.4, 0.5) is 5.69 Å². The van der Waals surface area contributed by atoms with Crippen molar-refractivity contribution in [2.75, 3.05) is 11.9 Å². The predicted molar refractivity (Wildman–Crippen MR) is 88.4 cm³/mol. The summed E-state index contributed by atoms with van der Waals surface area (Å²) in [5.74, 6) is -0.633. The Hall–Kier alpha value is -2.36. The van der Waals surface area contributed by atoms with E-state index in [1.807, 2.05) is 18.2 Å². The first-order chi connectivity index (χ1) is 10.7. The van der Waals surface area contributed by atoms with Crippen LogP contribution in [-0.4, -0.2) is 18.4 Å². The molecule has 0 fully saturated rings. The fourth-order valence-electron chi connectivity index (χ4n) is 2.95. The average Bonchev–Trinajstić information content (AvgIpc) is 2.53. The molecule has 0 unspecified atom stereocenters. The van der Waals surface area contributed by atoms with E-state index in [-0.39, 0.29) is 11.8 Å². The number of imide groups is 1. The van der Waals surface area contributed by atoms with Crippen molar-refractivity contribution in [3.05, 3.63) is 41.5 Å². The van der Waals surface area contributed by atoms with Gasteiger partial charge in [0.25, 0.3) is 11.8 Å². The molecule has 4 nitrogen and oxygen atoms in total. The second kappa shape index (κ2) is 6.18. The lowest BCUT2D eigenvalue weighted by atomic mass is 9.94. The normalized spacial score (nSPS) is 13.3. The zero-order valence-electron chi connectivity index (χ0n) is 12.7. The standard InChI is InChI=1S/C18H20N2O2/c1-2-3-4-5-11-19-15-10-9-14-16-12(15)7-6-8-13(16)17(21)20-18(14)22/h6-10,19H,2-5,11H2,1H3,(H,20,21,22). The van der Waals surface area contributed by atoms with Crippen molar-refractivity contribution < 1.29 is 9.59 Å². The van der Waals surface area contributed by atoms with Gasteiger partial charge in [-0.1, -0.05) is 38.3 Å². The van der Waals surface area contributed by atoms with Crippen LogP contribution in [0.3, 0.4) is 0 Å². The third kappa shape index (κ3) is 2.56. The van der Waals surface area contributed by atoms with E-state index < -0.39 is 0 Å². The molecule has 2 aromatic carbocycles. The number of carbonyl (C=O) groups excluding carboxylic acids is 2. The molecule has 0 saturated carbocycles. The number of carbonyl (C=O) groups is 2. The molecule has 3 rings (SSSR count). The topological polar surface area (TPSA) is 58.2 Å². The Morgan fingerprint density at radius 2 is 1.73 bits per heavy atom. The van der Waals surface area contributed by atoms with Gasteiger partial charge >= 0.3 is 0 Å². The highest BCUT2D eigenvalue weighted by Gasteiger charge is 2.25. The zero-order valence-corrected chi connectivity index (χ0v) is 12.7. The highest BCUT2D eigenvalue weighted by Crippen LogP contribution is 2.31. The Morgan fingerprint density at radius 1 is 0.955 bits per heavy atom. The van der Waals surface area contributed by atoms with Gasteiger partial charge in [0.2, 0.25) is 0 Å². The fraction of sp³-hybridized carbons (Fsp3) is 0.333. The van der Waals surface area contributed by atoms with Crippen LogP contribution in [-0.2, 0) is 0 Å². The van der Waals surface area contributed by atoms with Gasteiger partial charge in [-0.15, -0.1) is 0 Å². The predicted octanol–water partition coefficient (Wildman–Crippen LogP) is 3.72. The van der Waals surface area contributed by atoms with Crippen LogP contribution in [0.15, 0.2) is 30.3 Å². The van der Waals surface area contributed by atoms with Crippen LogP contribution < -0.4 is 10.6 Å². The lowest BCUT2D eigenvalue weighted by Gasteiger charge is -2.19. The molecule has 1 aliphatic rings. The first-order valence-electron chi connectivity index (χ1n) is 7.87. The van der Waals surface area contributed by atoms with E-state index in [0.717, 1.165) is 29.4 Å². The number of hydrogen-bond donors (Lipinski definition) is 2. The third-order valence-electron chi connectivity index (χ3n) is 4.10. The van der Waals surface area contributed by atoms with Gasteiger partial charge < -0.3 is 5.32 Å². The van der Waals surface area contributed by atoms with E-state index in [1.54, 1.807) is 12.1 Å². The van der Waals surface area contributed by atoms with Gasteiger partial charge in [-0.2, -0.15) is 0 Å². The molecule has 0 atom stereocenters. The minimum absolute atomic E-state index is 0.316. The first kappa shape index (κ1) is 14.6. The summed E-state index contributed by atoms with van der Waals surface area (Å²) in [5.41, 5.74) is 2.13. The fourth-order valence-corrected chi connectivity index (χ4v) is 2.95. The quantitative estimate of drug-likeness (QED) is 0.631. The minimum atomic E-state index is -0.316. The van der Waals surface area contributed by atoms with Crippen LogP contribution in [0.1, 0.15) is 53.3 Å². The second-order valence-corrected chi connectivity index (χ2v) is 5.66. The zero-order chi connectivity index (χ0) is 15.5. The molecule has 2 N–H and O–H groups in total. The van der Waals surface area contributed by atoms with Crippen LogP contribution in [0.25, 0.3) is 10.8 Å². The third-order valence-corrected chi connectivity index (χ3v) is 4.10. The maximum atomic E-state index is 12.0. The molecule has 0 aromatic heterocycles. The van der Waals surface area contributed by atoms with E-state index in [9.17, 15) is 9.59 Å². The van der Waals surface area contributed by atoms with Crippen molar-refractivity contribution in [2.24, 2.45) is 0 Å². The second-order valence-electron chi connectivity index (χ2n) is 5.66. The van der Waals surface area contributed by atoms with Crippen molar-refractivity contribution in [1.82, 2.24) is 5.32 Å². The summed E-state index contributed by atoms with van der Waals surface area (Å²) in [4.78, 5) is 23.9. The molecular formula is C18H20N2O2. The molecule has 4 heteroatoms. The number of rotatable bonds is 6. The van der Waals surface area contributed by atoms with Gasteiger partial charge in [-0.3, -0.25) is 14.9 Å². The summed E-state index contributed by atoms with van der Waals surface area (Å²) in [6, 6.07) is 9.30. The van der Waals surface area contributed by atoms with Crippen molar-refractivity contribution in [1.29, 1.82) is 0 Å². The van der Waals surface area contributed by atoms with Gasteiger partial charge in [0.05, 0.1) is 0 Å². The number of anilines is 1. The summed E-state index contributed by atoms with van der Waals surface area (Å²) in [6.07, 6.45) is 4.81. The van der Waals surface area contributed by atoms with E-state index in [0.29, 0.717) is 11.1 Å². The lowest BCUT2D eigenvalue weighted by molar-refractivity contribution is 0.0845. The van der Waals surface area contributed by atoms with Gasteiger partial charge in [0, 0.05) is 34.1 Å². The number of nitrogens with one attached hydrogen (secondary N) is 2. The lowest BCUT2D eigenvalue weighted by Crippen LogP contribution is -2.34. The molecule has 2 aromatic rings. The van der Waals surface area contributed by atoms with Crippen molar-refractivity contribution in [3.8, 4) is 0 Å². The van der Waals surface area contributed by atoms with Crippen LogP contribution in [0.5, 0.6) is 0 Å². The monoisotopic (exact) mass is 296 g/mol. The van der Waals surface area contributed by atoms with E-state index in [2.05, 4.69) is 17.6 Å². The molecule has 0 aliphatic carbocycles. The maximum Gasteiger partial charge on any atom is 0.258 e. The maximum absolute atomic E-state index is 12.0. The van der Waals surface area contributed by atoms with Gasteiger partial charge in [-0.25, -0.2) is 0 Å². The molecule has 22 heavy (non-hydrogen) atoms. The first-order valence-corrected chi connectivity index (χ1v) is 7.87. The molecule has 2 amide bonds. The summed E-state index contributed by atoms with van der Waals surface area (Å²) >= 11 is 0. The summed E-state index contributed by atoms with van der Waals surface area (Å²) in [7, 11) is 0. The van der Waals surface area contributed by atoms with Gasteiger partial charge in [-0.05, 0) is 24.6 Å². The number of hydrogen-bond acceptors (Lipinski definition) is 3. The van der Waals surface area contributed by atoms with Crippen molar-refractivity contribution in [3.63, 3.8) is 0 Å². The minimum Gasteiger partial charge on any atom is -0.385 e. The van der Waals surface area contributed by atoms with Gasteiger partial charge in [0.15, 0.2) is 0 Å². The summed E-state index contributed by atoms with van der Waals surface area (Å²) in [5, 5.41) is 7.52. The molecule has 114 valence electrons. The number of unbranched alkanes of at least 4 members (excludes halogenated alkanes) is 3. The van der Waals surface area contributed by atoms with Crippen LogP contribution in [0.2, 0.25) is 0 Å². The highest BCUT2D eigenvalue weighted by molar-refractivity contribution is 6.26. The SMILES string of the molecule is CCCCCCNc1ccc2c3c(cccc13)C(=O)NC2=O. The Labute approximate surface area is 129 Å². The average molecular weight is 296 g/mol. The van der Waals surface area contributed by atoms with E-state index in [4.69, 9.17) is 0 Å². The Balaban J connectivity index is 1.93. The van der Waals surface area contributed by atoms with Crippen LogP contribution >= 0.6 is 0 Å². The molecular weight excluding hydrogens is 276 g/mol. The molecule has 0 spiro atoms. The number of amides is 2. The molecule has 0 saturated heterocycles. The van der Waals surface area contributed by atoms with E-state index in [1.165, 1.54) is 19.3 Å². The molecule has 0 bridgehead atoms. The molecule has 1 heterocycles. The van der Waals surface area contributed by atoms with Crippen molar-refractivity contribution in [2.45, 2.75) is 32.6 Å². The largest absolute Gasteiger partial charge is 0.385 e. The number of benzene rings is 2. The Morgan fingerprint density at radius 3 is 2.50 bits per heavy atom. The van der Waals surface area contributed by atoms with E-state index >= 15 is 0 Å². The summed E-state index contributed by atoms with van der Waals surface area (Å²) < 4.78 is 0. The summed E-state index contributed by atoms with van der Waals surface area (Å²) in [6.45, 7) is 3.10. The van der Waals surface area contributed by atoms with Gasteiger partial charge in [0.1, 0.15) is 0 Å².